The van der Waals surface area contributed by atoms with Crippen molar-refractivity contribution < 1.29 is 27.8 Å². The molecule has 1 unspecified atom stereocenters. The third kappa shape index (κ3) is 5.92. The molecule has 3 heterocycles. The first-order valence-corrected chi connectivity index (χ1v) is 14.4. The van der Waals surface area contributed by atoms with Crippen LogP contribution in [0.1, 0.15) is 65.3 Å². The highest BCUT2D eigenvalue weighted by atomic mass is 19.3. The summed E-state index contributed by atoms with van der Waals surface area (Å²) in [6.45, 7) is 4.47. The van der Waals surface area contributed by atoms with E-state index in [1.54, 1.807) is 16.8 Å². The number of hydrogen-bond donors (Lipinski definition) is 2. The van der Waals surface area contributed by atoms with Gasteiger partial charge in [-0.3, -0.25) is 4.79 Å². The van der Waals surface area contributed by atoms with Crippen LogP contribution in [0.15, 0.2) is 72.1 Å². The molecule has 0 saturated carbocycles. The topological polar surface area (TPSA) is 104 Å². The number of aromatic nitrogens is 3. The quantitative estimate of drug-likeness (QED) is 0.207. The van der Waals surface area contributed by atoms with Crippen LogP contribution in [0, 0.1) is 6.92 Å². The number of alkyl halides is 2. The minimum Gasteiger partial charge on any atom is -0.487 e. The molecule has 2 aromatic carbocycles. The molecule has 0 radical (unpaired) electrons. The van der Waals surface area contributed by atoms with Crippen LogP contribution in [0.5, 0.6) is 11.5 Å². The molecular weight excluding hydrogens is 554 g/mol. The molecule has 0 spiro atoms. The number of allylic oxidation sites excluding steroid dienone is 3. The highest BCUT2D eigenvalue weighted by Gasteiger charge is 2.26. The lowest BCUT2D eigenvalue weighted by Crippen LogP contribution is -2.16. The van der Waals surface area contributed by atoms with Gasteiger partial charge in [0.25, 0.3) is 6.43 Å². The normalized spacial score (nSPS) is 17.7. The first kappa shape index (κ1) is 28.7. The lowest BCUT2D eigenvalue weighted by atomic mass is 9.90. The number of para-hydroxylation sites is 1. The van der Waals surface area contributed by atoms with E-state index in [9.17, 15) is 13.6 Å². The van der Waals surface area contributed by atoms with E-state index in [2.05, 4.69) is 10.1 Å². The van der Waals surface area contributed by atoms with Gasteiger partial charge in [0.1, 0.15) is 29.7 Å². The third-order valence-corrected chi connectivity index (χ3v) is 8.10. The van der Waals surface area contributed by atoms with Crippen LogP contribution < -0.4 is 15.2 Å². The van der Waals surface area contributed by atoms with Crippen LogP contribution in [0.25, 0.3) is 10.9 Å². The molecule has 6 rings (SSSR count). The van der Waals surface area contributed by atoms with Crippen molar-refractivity contribution in [3.05, 3.63) is 94.5 Å². The second kappa shape index (κ2) is 12.0. The maximum Gasteiger partial charge on any atom is 0.272 e. The van der Waals surface area contributed by atoms with Crippen molar-refractivity contribution in [2.45, 2.75) is 51.5 Å². The summed E-state index contributed by atoms with van der Waals surface area (Å²) >= 11 is 0. The van der Waals surface area contributed by atoms with Gasteiger partial charge in [0.2, 0.25) is 5.78 Å². The summed E-state index contributed by atoms with van der Waals surface area (Å²) in [6.07, 6.45) is 5.07. The van der Waals surface area contributed by atoms with Crippen molar-refractivity contribution in [1.29, 1.82) is 0 Å². The minimum atomic E-state index is -2.59. The Hall–Kier alpha value is -4.44. The van der Waals surface area contributed by atoms with Gasteiger partial charge >= 0.3 is 0 Å². The van der Waals surface area contributed by atoms with E-state index < -0.39 is 13.0 Å². The SMILES string of the molecule is CC1=CC(n2ncc(C(=O)c3cc4cc(OCC(F)F)c(C5CCOCC5)cc4[nH]3)c2N)CC=C1Oc1ccccc1C. The molecule has 1 fully saturated rings. The first-order valence-electron chi connectivity index (χ1n) is 14.4. The van der Waals surface area contributed by atoms with Crippen molar-refractivity contribution in [2.75, 3.05) is 25.6 Å². The number of nitrogens with one attached hydrogen (secondary N) is 1. The predicted molar refractivity (Wildman–Crippen MR) is 160 cm³/mol. The van der Waals surface area contributed by atoms with Gasteiger partial charge in [0.15, 0.2) is 0 Å². The second-order valence-corrected chi connectivity index (χ2v) is 11.1. The Morgan fingerprint density at radius 3 is 2.70 bits per heavy atom. The van der Waals surface area contributed by atoms with Gasteiger partial charge in [-0.05, 0) is 86.1 Å². The summed E-state index contributed by atoms with van der Waals surface area (Å²) in [6, 6.07) is 13.0. The van der Waals surface area contributed by atoms with Gasteiger partial charge in [0.05, 0.1) is 23.5 Å². The molecule has 8 nitrogen and oxygen atoms in total. The Morgan fingerprint density at radius 1 is 1.16 bits per heavy atom. The number of hydrogen-bond acceptors (Lipinski definition) is 6. The van der Waals surface area contributed by atoms with Crippen molar-refractivity contribution in [3.63, 3.8) is 0 Å². The van der Waals surface area contributed by atoms with Gasteiger partial charge in [-0.15, -0.1) is 0 Å². The highest BCUT2D eigenvalue weighted by molar-refractivity contribution is 6.12. The molecule has 224 valence electrons. The maximum absolute atomic E-state index is 13.6. The fraction of sp³-hybridized carbons (Fsp3) is 0.333. The molecule has 10 heteroatoms. The van der Waals surface area contributed by atoms with Crippen LogP contribution in [0.2, 0.25) is 0 Å². The monoisotopic (exact) mass is 588 g/mol. The molecule has 2 aliphatic rings. The average Bonchev–Trinajstić information content (AvgIpc) is 3.60. The Balaban J connectivity index is 1.23. The fourth-order valence-corrected chi connectivity index (χ4v) is 5.77. The van der Waals surface area contributed by atoms with E-state index in [1.165, 1.54) is 6.20 Å². The summed E-state index contributed by atoms with van der Waals surface area (Å²) in [5.41, 5.74) is 10.6. The van der Waals surface area contributed by atoms with E-state index in [0.29, 0.717) is 36.5 Å². The predicted octanol–water partition coefficient (Wildman–Crippen LogP) is 6.88. The Morgan fingerprint density at radius 2 is 1.95 bits per heavy atom. The van der Waals surface area contributed by atoms with Gasteiger partial charge in [0, 0.05) is 24.1 Å². The number of nitrogens with zero attached hydrogens (tertiary/aromatic N) is 2. The number of benzene rings is 2. The second-order valence-electron chi connectivity index (χ2n) is 11.1. The smallest absolute Gasteiger partial charge is 0.272 e. The summed E-state index contributed by atoms with van der Waals surface area (Å²) in [4.78, 5) is 16.8. The molecule has 43 heavy (non-hydrogen) atoms. The van der Waals surface area contributed by atoms with E-state index in [4.69, 9.17) is 19.9 Å². The number of anilines is 1. The van der Waals surface area contributed by atoms with E-state index >= 15 is 0 Å². The standard InChI is InChI=1S/C33H34F2N4O4/c1-19-5-3-4-6-28(19)43-29-8-7-23(13-20(29)2)39-33(36)25(17-37-39)32(40)27-14-22-15-30(42-18-31(34)35)24(16-26(22)38-27)21-9-11-41-12-10-21/h3-6,8,13-17,21,23,31,38H,7,9-12,18,36H2,1-2H3. The van der Waals surface area contributed by atoms with E-state index in [1.807, 2.05) is 56.3 Å². The zero-order valence-electron chi connectivity index (χ0n) is 24.1. The molecule has 1 atom stereocenters. The number of nitrogens with two attached hydrogens (primary N) is 1. The van der Waals surface area contributed by atoms with E-state index in [-0.39, 0.29) is 29.1 Å². The first-order chi connectivity index (χ1) is 20.8. The van der Waals surface area contributed by atoms with Gasteiger partial charge < -0.3 is 24.9 Å². The number of rotatable bonds is 9. The Bertz CT molecular complexity index is 1710. The summed E-state index contributed by atoms with van der Waals surface area (Å²) < 4.78 is 44.8. The lowest BCUT2D eigenvalue weighted by Gasteiger charge is -2.24. The van der Waals surface area contributed by atoms with Crippen molar-refractivity contribution in [1.82, 2.24) is 14.8 Å². The molecule has 3 N–H and O–H groups in total. The number of H-pyrrole nitrogens is 1. The van der Waals surface area contributed by atoms with Crippen molar-refractivity contribution >= 4 is 22.5 Å². The molecule has 0 amide bonds. The molecule has 4 aromatic rings. The zero-order valence-corrected chi connectivity index (χ0v) is 24.1. The Labute approximate surface area is 248 Å². The zero-order chi connectivity index (χ0) is 30.1. The average molecular weight is 589 g/mol. The van der Waals surface area contributed by atoms with E-state index in [0.717, 1.165) is 46.6 Å². The number of aromatic amines is 1. The van der Waals surface area contributed by atoms with Crippen molar-refractivity contribution in [3.8, 4) is 11.5 Å². The van der Waals surface area contributed by atoms with Crippen molar-refractivity contribution in [2.24, 2.45) is 0 Å². The highest BCUT2D eigenvalue weighted by Crippen LogP contribution is 2.38. The van der Waals surface area contributed by atoms with Gasteiger partial charge in [-0.1, -0.05) is 24.3 Å². The number of carbonyl (C=O) groups excluding carboxylic acids is 1. The number of ether oxygens (including phenoxy) is 3. The molecular formula is C33H34F2N4O4. The molecule has 1 saturated heterocycles. The number of nitrogen functional groups attached to an aromatic ring is 1. The van der Waals surface area contributed by atoms with Crippen LogP contribution in [-0.2, 0) is 4.74 Å². The molecule has 1 aliphatic heterocycles. The summed E-state index contributed by atoms with van der Waals surface area (Å²) in [5, 5.41) is 5.15. The van der Waals surface area contributed by atoms with Gasteiger partial charge in [-0.25, -0.2) is 13.5 Å². The third-order valence-electron chi connectivity index (χ3n) is 8.10. The number of ketones is 1. The molecule has 1 aliphatic carbocycles. The molecule has 2 aromatic heterocycles. The number of carbonyl (C=O) groups is 1. The Kier molecular flexibility index (Phi) is 8.03. The number of fused-ring (bicyclic) bond motifs is 1. The van der Waals surface area contributed by atoms with Gasteiger partial charge in [-0.2, -0.15) is 5.10 Å². The maximum atomic E-state index is 13.6. The van der Waals surface area contributed by atoms with Crippen LogP contribution in [-0.4, -0.2) is 46.8 Å². The number of halogens is 2. The van der Waals surface area contributed by atoms with Crippen LogP contribution in [0.4, 0.5) is 14.6 Å². The summed E-state index contributed by atoms with van der Waals surface area (Å²) in [7, 11) is 0. The largest absolute Gasteiger partial charge is 0.487 e. The summed E-state index contributed by atoms with van der Waals surface area (Å²) in [5.74, 6) is 2.06. The fourth-order valence-electron chi connectivity index (χ4n) is 5.77. The number of aryl methyl sites for hydroxylation is 1. The van der Waals surface area contributed by atoms with Crippen LogP contribution >= 0.6 is 0 Å². The van der Waals surface area contributed by atoms with Crippen LogP contribution in [0.3, 0.4) is 0 Å². The molecule has 0 bridgehead atoms. The lowest BCUT2D eigenvalue weighted by molar-refractivity contribution is 0.0756. The minimum absolute atomic E-state index is 0.117.